The minimum absolute atomic E-state index is 0.0268. The molecule has 0 aliphatic carbocycles. The first-order valence-corrected chi connectivity index (χ1v) is 27.7. The van der Waals surface area contributed by atoms with Crippen LogP contribution in [0, 0.1) is 5.92 Å². The number of benzene rings is 2. The number of para-hydroxylation sites is 2. The summed E-state index contributed by atoms with van der Waals surface area (Å²) in [6, 6.07) is 2.66. The summed E-state index contributed by atoms with van der Waals surface area (Å²) < 4.78 is 0. The molecule has 10 atom stereocenters. The van der Waals surface area contributed by atoms with Gasteiger partial charge < -0.3 is 84.2 Å². The summed E-state index contributed by atoms with van der Waals surface area (Å²) in [5.74, 6) is -8.09. The van der Waals surface area contributed by atoms with Gasteiger partial charge in [-0.2, -0.15) is 12.6 Å². The van der Waals surface area contributed by atoms with Gasteiger partial charge in [-0.25, -0.2) is 4.79 Å². The Morgan fingerprint density at radius 2 is 1.17 bits per heavy atom. The summed E-state index contributed by atoms with van der Waals surface area (Å²) in [6.07, 6.45) is 3.02. The first kappa shape index (κ1) is 62.4. The number of H-pyrrole nitrogens is 2. The number of carboxylic acid groups (broad SMARTS) is 1. The van der Waals surface area contributed by atoms with Crippen LogP contribution in [0.25, 0.3) is 21.8 Å². The first-order chi connectivity index (χ1) is 38.6. The molecule has 2 aromatic carbocycles. The molecule has 2 aliphatic heterocycles. The van der Waals surface area contributed by atoms with Crippen LogP contribution in [0.4, 0.5) is 0 Å². The zero-order valence-corrected chi connectivity index (χ0v) is 46.5. The Morgan fingerprint density at radius 1 is 0.679 bits per heavy atom. The number of fused-ring (bicyclic) bond motifs is 2. The highest BCUT2D eigenvalue weighted by atomic mass is 32.1. The molecule has 0 radical (unpaired) electrons. The summed E-state index contributed by atoms with van der Waals surface area (Å²) in [5, 5.41) is 47.5. The van der Waals surface area contributed by atoms with Gasteiger partial charge in [0, 0.05) is 72.4 Å². The number of aliphatic hydroxyl groups excluding tert-OH is 2. The number of aliphatic imine (C=N–C) groups is 1. The monoisotopic (exact) mass is 1140 g/mol. The molecule has 4 aromatic rings. The quantitative estimate of drug-likeness (QED) is 0.0128. The molecular weight excluding hydrogens is 1070 g/mol. The van der Waals surface area contributed by atoms with Crippen LogP contribution in [0.5, 0.6) is 0 Å². The first-order valence-electron chi connectivity index (χ1n) is 27.1. The largest absolute Gasteiger partial charge is 0.480 e. The van der Waals surface area contributed by atoms with E-state index < -0.39 is 120 Å². The maximum absolute atomic E-state index is 15.2. The SMILES string of the molecule is CC(C)C[C@H](NC(=O)[C@H](CS)NC(=O)[C@@H](NC(=O)[C@@H]1CCCN1C(=O)[C@H](Cc1c[nH]c2ccccc12)NC(=O)[C@H](Cc1c[nH]c2ccccc12)NC(=O)[C@H](CCCN=C(N)N)NC(=O)[C@@H]1CCCN1C(=O)[C@@H](N)CO)[C@@H](C)O)C(=O)O. The van der Waals surface area contributed by atoms with Gasteiger partial charge >= 0.3 is 5.97 Å². The molecule has 2 aromatic heterocycles. The lowest BCUT2D eigenvalue weighted by atomic mass is 10.0. The Morgan fingerprint density at radius 3 is 1.70 bits per heavy atom. The van der Waals surface area contributed by atoms with Crippen LogP contribution < -0.4 is 49.1 Å². The summed E-state index contributed by atoms with van der Waals surface area (Å²) in [4.78, 5) is 138. The number of aliphatic hydroxyl groups is 2. The number of nitrogens with two attached hydrogens (primary N) is 3. The maximum atomic E-state index is 15.2. The Hall–Kier alpha value is -7.75. The van der Waals surface area contributed by atoms with E-state index in [0.29, 0.717) is 24.0 Å². The smallest absolute Gasteiger partial charge is 0.326 e. The molecule has 2 aliphatic rings. The van der Waals surface area contributed by atoms with E-state index in [-0.39, 0.29) is 82.2 Å². The third kappa shape index (κ3) is 16.4. The molecule has 8 amide bonds. The van der Waals surface area contributed by atoms with Crippen molar-refractivity contribution in [3.63, 3.8) is 0 Å². The Bertz CT molecular complexity index is 2930. The van der Waals surface area contributed by atoms with Crippen LogP contribution in [-0.4, -0.2) is 187 Å². The van der Waals surface area contributed by atoms with Crippen molar-refractivity contribution in [2.75, 3.05) is 32.0 Å². The molecule has 0 bridgehead atoms. The molecule has 0 spiro atoms. The Kier molecular flexibility index (Phi) is 22.4. The highest BCUT2D eigenvalue weighted by molar-refractivity contribution is 7.80. The minimum Gasteiger partial charge on any atom is -0.480 e. The van der Waals surface area contributed by atoms with E-state index in [4.69, 9.17) is 17.2 Å². The van der Waals surface area contributed by atoms with Gasteiger partial charge in [-0.15, -0.1) is 0 Å². The van der Waals surface area contributed by atoms with Gasteiger partial charge in [0.15, 0.2) is 5.96 Å². The normalized spacial score (nSPS) is 18.2. The van der Waals surface area contributed by atoms with Crippen molar-refractivity contribution in [1.82, 2.24) is 51.7 Å². The molecule has 81 heavy (non-hydrogen) atoms. The predicted molar refractivity (Wildman–Crippen MR) is 303 cm³/mol. The number of hydrogen-bond acceptors (Lipinski definition) is 14. The van der Waals surface area contributed by atoms with Gasteiger partial charge in [-0.1, -0.05) is 50.2 Å². The van der Waals surface area contributed by atoms with Crippen LogP contribution in [0.2, 0.25) is 0 Å². The van der Waals surface area contributed by atoms with E-state index in [9.17, 15) is 48.9 Å². The van der Waals surface area contributed by atoms with E-state index in [1.807, 2.05) is 36.4 Å². The van der Waals surface area contributed by atoms with Crippen LogP contribution in [0.15, 0.2) is 65.9 Å². The van der Waals surface area contributed by atoms with Crippen molar-refractivity contribution in [1.29, 1.82) is 0 Å². The van der Waals surface area contributed by atoms with E-state index in [0.717, 1.165) is 21.8 Å². The lowest BCUT2D eigenvalue weighted by Crippen LogP contribution is -2.62. The maximum Gasteiger partial charge on any atom is 0.326 e. The minimum atomic E-state index is -1.66. The van der Waals surface area contributed by atoms with Crippen molar-refractivity contribution < 1.29 is 58.5 Å². The summed E-state index contributed by atoms with van der Waals surface area (Å²) in [6.45, 7) is 4.46. The second-order valence-electron chi connectivity index (χ2n) is 20.9. The van der Waals surface area contributed by atoms with Crippen LogP contribution in [0.1, 0.15) is 76.8 Å². The average molecular weight is 1150 g/mol. The number of hydrogen-bond donors (Lipinski definition) is 15. The number of nitrogens with zero attached hydrogens (tertiary/aromatic N) is 3. The van der Waals surface area contributed by atoms with E-state index >= 15 is 9.59 Å². The number of likely N-dealkylation sites (tertiary alicyclic amines) is 2. The number of carboxylic acids is 1. The molecule has 2 saturated heterocycles. The molecule has 2 fully saturated rings. The molecule has 26 nitrogen and oxygen atoms in total. The van der Waals surface area contributed by atoms with Crippen LogP contribution in [0.3, 0.4) is 0 Å². The number of rotatable bonds is 28. The van der Waals surface area contributed by atoms with Gasteiger partial charge in [-0.3, -0.25) is 43.3 Å². The fourth-order valence-corrected chi connectivity index (χ4v) is 10.5. The Labute approximate surface area is 473 Å². The number of aliphatic carboxylic acids is 1. The second-order valence-corrected chi connectivity index (χ2v) is 21.3. The Balaban J connectivity index is 1.28. The third-order valence-corrected chi connectivity index (χ3v) is 14.8. The lowest BCUT2D eigenvalue weighted by Gasteiger charge is -2.31. The molecule has 0 saturated carbocycles. The number of nitrogens with one attached hydrogen (secondary N) is 8. The van der Waals surface area contributed by atoms with Gasteiger partial charge in [0.1, 0.15) is 54.4 Å². The lowest BCUT2D eigenvalue weighted by molar-refractivity contribution is -0.143. The molecule has 4 heterocycles. The molecular formula is C54H76N14O12S. The summed E-state index contributed by atoms with van der Waals surface area (Å²) in [7, 11) is 0. The molecule has 6 rings (SSSR count). The predicted octanol–water partition coefficient (Wildman–Crippen LogP) is -1.86. The second kappa shape index (κ2) is 29.1. The molecule has 0 unspecified atom stereocenters. The van der Waals surface area contributed by atoms with Gasteiger partial charge in [0.05, 0.1) is 12.7 Å². The topological polar surface area (TPSA) is 415 Å². The number of aromatic amines is 2. The number of carbonyl (C=O) groups excluding carboxylic acids is 8. The van der Waals surface area contributed by atoms with Crippen molar-refractivity contribution in [2.24, 2.45) is 28.1 Å². The van der Waals surface area contributed by atoms with Crippen LogP contribution in [-0.2, 0) is 56.0 Å². The fraction of sp³-hybridized carbons (Fsp3) is 0.519. The van der Waals surface area contributed by atoms with E-state index in [1.165, 1.54) is 16.7 Å². The standard InChI is InChI=1S/C54H76N14O12S/c1-28(2)21-40(53(79)80)64-47(73)41(27-81)65-50(76)44(29(3)70)66-49(75)43-17-10-20-68(43)52(78)39(23-31-25-60-36-14-7-5-12-33(31)36)63-46(72)38(22-30-24-59-35-13-6-4-11-32(30)35)62-45(71)37(15-8-18-58-54(56)57)61-48(74)42-16-9-19-67(42)51(77)34(55)26-69/h4-7,11-14,24-25,28-29,34,37-44,59-60,69-70,81H,8-10,15-23,26-27,55H2,1-3H3,(H,61,74)(H,62,71)(H,63,72)(H,64,73)(H,65,76)(H,66,75)(H,79,80)(H4,56,57,58)/t29-,34+,37+,38+,39+,40+,41+,42+,43+,44+/m1/s1. The van der Waals surface area contributed by atoms with Crippen molar-refractivity contribution >= 4 is 93.6 Å². The van der Waals surface area contributed by atoms with Gasteiger partial charge in [0.25, 0.3) is 0 Å². The number of guanidine groups is 1. The molecule has 27 heteroatoms. The van der Waals surface area contributed by atoms with E-state index in [2.05, 4.69) is 59.5 Å². The fourth-order valence-electron chi connectivity index (χ4n) is 10.2. The number of carbonyl (C=O) groups is 9. The van der Waals surface area contributed by atoms with Crippen molar-refractivity contribution in [3.05, 3.63) is 72.1 Å². The zero-order chi connectivity index (χ0) is 59.1. The van der Waals surface area contributed by atoms with Gasteiger partial charge in [-0.05, 0) is 81.0 Å². The summed E-state index contributed by atoms with van der Waals surface area (Å²) >= 11 is 4.18. The summed E-state index contributed by atoms with van der Waals surface area (Å²) in [5.41, 5.74) is 19.7. The average Bonchev–Trinajstić information content (AvgIpc) is 4.29. The van der Waals surface area contributed by atoms with Crippen LogP contribution >= 0.6 is 12.6 Å². The van der Waals surface area contributed by atoms with Gasteiger partial charge in [0.2, 0.25) is 47.3 Å². The third-order valence-electron chi connectivity index (χ3n) is 14.4. The number of aromatic nitrogens is 2. The van der Waals surface area contributed by atoms with Crippen molar-refractivity contribution in [3.8, 4) is 0 Å². The highest BCUT2D eigenvalue weighted by Crippen LogP contribution is 2.25. The van der Waals surface area contributed by atoms with Crippen molar-refractivity contribution in [2.45, 2.75) is 139 Å². The molecule has 440 valence electrons. The highest BCUT2D eigenvalue weighted by Gasteiger charge is 2.42. The van der Waals surface area contributed by atoms with E-state index in [1.54, 1.807) is 38.4 Å². The zero-order valence-electron chi connectivity index (χ0n) is 45.6. The number of thiol groups is 1. The molecule has 17 N–H and O–H groups in total. The number of amides is 8.